The topological polar surface area (TPSA) is 100 Å². The number of hydrogen-bond acceptors (Lipinski definition) is 7. The van der Waals surface area contributed by atoms with Crippen LogP contribution in [0.4, 0.5) is 5.69 Å². The molecule has 0 unspecified atom stereocenters. The number of carbonyl (C=O) groups excluding carboxylic acids is 1. The first-order chi connectivity index (χ1) is 17.0. The molecular weight excluding hydrogens is 462 g/mol. The molecule has 1 N–H and O–H groups in total. The summed E-state index contributed by atoms with van der Waals surface area (Å²) < 4.78 is 27.6. The van der Waals surface area contributed by atoms with E-state index in [9.17, 15) is 9.59 Å². The Bertz CT molecular complexity index is 1510. The molecule has 2 heterocycles. The van der Waals surface area contributed by atoms with E-state index < -0.39 is 5.63 Å². The molecule has 0 aliphatic heterocycles. The molecule has 0 atom stereocenters. The highest BCUT2D eigenvalue weighted by Gasteiger charge is 2.24. The van der Waals surface area contributed by atoms with Crippen molar-refractivity contribution >= 4 is 33.5 Å². The summed E-state index contributed by atoms with van der Waals surface area (Å²) in [6.07, 6.45) is 1.60. The second-order valence-corrected chi connectivity index (χ2v) is 9.79. The minimum atomic E-state index is -0.551. The minimum absolute atomic E-state index is 0.127. The molecule has 4 rings (SSSR count). The van der Waals surface area contributed by atoms with Gasteiger partial charge in [-0.15, -0.1) is 0 Å². The third-order valence-corrected chi connectivity index (χ3v) is 6.44. The molecule has 8 nitrogen and oxygen atoms in total. The molecule has 36 heavy (non-hydrogen) atoms. The Balaban J connectivity index is 1.74. The van der Waals surface area contributed by atoms with Crippen LogP contribution in [-0.2, 0) is 16.6 Å². The molecule has 1 amide bonds. The van der Waals surface area contributed by atoms with Gasteiger partial charge in [-0.2, -0.15) is 0 Å². The molecule has 0 fully saturated rings. The first-order valence-corrected chi connectivity index (χ1v) is 11.6. The van der Waals surface area contributed by atoms with Crippen LogP contribution in [0.5, 0.6) is 17.2 Å². The van der Waals surface area contributed by atoms with Crippen molar-refractivity contribution in [3.05, 3.63) is 57.1 Å². The van der Waals surface area contributed by atoms with Gasteiger partial charge in [-0.25, -0.2) is 4.79 Å². The molecule has 0 aliphatic carbocycles. The predicted molar refractivity (Wildman–Crippen MR) is 139 cm³/mol. The van der Waals surface area contributed by atoms with Gasteiger partial charge in [-0.05, 0) is 30.9 Å². The van der Waals surface area contributed by atoms with Crippen LogP contribution in [-0.4, -0.2) is 27.2 Å². The van der Waals surface area contributed by atoms with Crippen molar-refractivity contribution in [2.24, 2.45) is 0 Å². The normalized spacial score (nSPS) is 11.7. The molecule has 2 aromatic heterocycles. The highest BCUT2D eigenvalue weighted by atomic mass is 16.5. The van der Waals surface area contributed by atoms with Crippen LogP contribution in [0.25, 0.3) is 21.9 Å². The Kier molecular flexibility index (Phi) is 6.47. The maximum atomic E-state index is 13.0. The monoisotopic (exact) mass is 493 g/mol. The second kappa shape index (κ2) is 9.26. The predicted octanol–water partition coefficient (Wildman–Crippen LogP) is 5.66. The number of benzene rings is 2. The number of hydrogen-bond donors (Lipinski definition) is 1. The molecule has 0 aliphatic rings. The lowest BCUT2D eigenvalue weighted by atomic mass is 9.86. The van der Waals surface area contributed by atoms with Gasteiger partial charge in [0.1, 0.15) is 11.2 Å². The summed E-state index contributed by atoms with van der Waals surface area (Å²) in [4.78, 5) is 25.9. The molecule has 0 radical (unpaired) electrons. The summed E-state index contributed by atoms with van der Waals surface area (Å²) in [5.74, 6) is 0.848. The van der Waals surface area contributed by atoms with Crippen LogP contribution in [0.15, 0.2) is 38.1 Å². The van der Waals surface area contributed by atoms with Gasteiger partial charge < -0.3 is 28.4 Å². The number of rotatable bonds is 6. The summed E-state index contributed by atoms with van der Waals surface area (Å²) in [6.45, 7) is 10.1. The van der Waals surface area contributed by atoms with Crippen LogP contribution in [0.2, 0.25) is 0 Å². The van der Waals surface area contributed by atoms with Gasteiger partial charge in [0.25, 0.3) is 0 Å². The highest BCUT2D eigenvalue weighted by molar-refractivity contribution is 6.01. The number of methoxy groups -OCH3 is 3. The average molecular weight is 494 g/mol. The van der Waals surface area contributed by atoms with Crippen molar-refractivity contribution in [3.63, 3.8) is 0 Å². The molecule has 0 saturated carbocycles. The maximum absolute atomic E-state index is 13.0. The van der Waals surface area contributed by atoms with Gasteiger partial charge in [0.05, 0.1) is 39.6 Å². The fourth-order valence-electron chi connectivity index (χ4n) is 4.50. The zero-order chi connectivity index (χ0) is 26.4. The van der Waals surface area contributed by atoms with E-state index in [1.54, 1.807) is 18.4 Å². The average Bonchev–Trinajstić information content (AvgIpc) is 3.27. The number of fused-ring (bicyclic) bond motifs is 2. The first-order valence-electron chi connectivity index (χ1n) is 11.6. The van der Waals surface area contributed by atoms with Gasteiger partial charge in [0.15, 0.2) is 11.5 Å². The number of ether oxygens (including phenoxy) is 3. The fourth-order valence-corrected chi connectivity index (χ4v) is 4.50. The summed E-state index contributed by atoms with van der Waals surface area (Å²) in [5, 5.41) is 4.56. The third kappa shape index (κ3) is 4.27. The van der Waals surface area contributed by atoms with Crippen molar-refractivity contribution in [1.82, 2.24) is 0 Å². The molecule has 190 valence electrons. The Hall–Kier alpha value is -3.94. The molecule has 0 spiro atoms. The van der Waals surface area contributed by atoms with Crippen molar-refractivity contribution in [3.8, 4) is 17.2 Å². The molecule has 0 saturated heterocycles. The van der Waals surface area contributed by atoms with E-state index >= 15 is 0 Å². The fraction of sp³-hybridized carbons (Fsp3) is 0.357. The van der Waals surface area contributed by atoms with E-state index in [1.165, 1.54) is 21.3 Å². The smallest absolute Gasteiger partial charge is 0.340 e. The minimum Gasteiger partial charge on any atom is -0.493 e. The highest BCUT2D eigenvalue weighted by Crippen LogP contribution is 2.40. The number of anilines is 1. The van der Waals surface area contributed by atoms with Crippen LogP contribution in [0.1, 0.15) is 43.0 Å². The summed E-state index contributed by atoms with van der Waals surface area (Å²) in [7, 11) is 4.50. The van der Waals surface area contributed by atoms with E-state index in [2.05, 4.69) is 26.1 Å². The van der Waals surface area contributed by atoms with Crippen molar-refractivity contribution in [2.45, 2.75) is 46.5 Å². The van der Waals surface area contributed by atoms with Crippen LogP contribution in [0.3, 0.4) is 0 Å². The van der Waals surface area contributed by atoms with E-state index in [0.717, 1.165) is 21.9 Å². The SMILES string of the molecule is COc1cc(NC(=O)Cc2c(C)c3cc4c(C(C)(C)C)coc4c(C)c3oc2=O)cc(OC)c1OC. The van der Waals surface area contributed by atoms with E-state index in [4.69, 9.17) is 23.0 Å². The molecule has 8 heteroatoms. The Morgan fingerprint density at radius 3 is 2.11 bits per heavy atom. The van der Waals surface area contributed by atoms with Gasteiger partial charge >= 0.3 is 5.63 Å². The van der Waals surface area contributed by atoms with Crippen LogP contribution in [0, 0.1) is 13.8 Å². The van der Waals surface area contributed by atoms with Crippen LogP contribution >= 0.6 is 0 Å². The number of amides is 1. The third-order valence-electron chi connectivity index (χ3n) is 6.44. The van der Waals surface area contributed by atoms with Crippen molar-refractivity contribution in [2.75, 3.05) is 26.6 Å². The molecular formula is C28H31NO7. The molecule has 4 aromatic rings. The largest absolute Gasteiger partial charge is 0.493 e. The zero-order valence-electron chi connectivity index (χ0n) is 21.9. The standard InChI is InChI=1S/C28H31NO7/c1-14-17-11-19-20(28(3,4)5)13-35-24(19)15(2)25(17)36-27(31)18(14)12-23(30)29-16-9-21(32-6)26(34-8)22(10-16)33-7/h9-11,13H,12H2,1-8H3,(H,29,30). The first kappa shape index (κ1) is 25.2. The van der Waals surface area contributed by atoms with Gasteiger partial charge in [-0.1, -0.05) is 20.8 Å². The maximum Gasteiger partial charge on any atom is 0.340 e. The lowest BCUT2D eigenvalue weighted by Gasteiger charge is -2.17. The lowest BCUT2D eigenvalue weighted by molar-refractivity contribution is -0.115. The summed E-state index contributed by atoms with van der Waals surface area (Å²) >= 11 is 0. The zero-order valence-corrected chi connectivity index (χ0v) is 21.9. The molecule has 2 aromatic carbocycles. The van der Waals surface area contributed by atoms with E-state index in [0.29, 0.717) is 45.2 Å². The van der Waals surface area contributed by atoms with Crippen LogP contribution < -0.4 is 25.2 Å². The number of nitrogens with one attached hydrogen (secondary N) is 1. The Morgan fingerprint density at radius 1 is 0.917 bits per heavy atom. The Labute approximate surface area is 209 Å². The van der Waals surface area contributed by atoms with Crippen molar-refractivity contribution < 1.29 is 27.8 Å². The number of furan rings is 1. The summed E-state index contributed by atoms with van der Waals surface area (Å²) in [5.41, 5.74) is 3.75. The van der Waals surface area contributed by atoms with E-state index in [1.807, 2.05) is 19.9 Å². The van der Waals surface area contributed by atoms with Crippen molar-refractivity contribution in [1.29, 1.82) is 0 Å². The quantitative estimate of drug-likeness (QED) is 0.346. The van der Waals surface area contributed by atoms with Gasteiger partial charge in [0.2, 0.25) is 11.7 Å². The molecule has 0 bridgehead atoms. The summed E-state index contributed by atoms with van der Waals surface area (Å²) in [6, 6.07) is 5.24. The number of aryl methyl sites for hydroxylation is 2. The Morgan fingerprint density at radius 2 is 1.56 bits per heavy atom. The lowest BCUT2D eigenvalue weighted by Crippen LogP contribution is -2.21. The second-order valence-electron chi connectivity index (χ2n) is 9.79. The van der Waals surface area contributed by atoms with Gasteiger partial charge in [-0.3, -0.25) is 4.79 Å². The van der Waals surface area contributed by atoms with E-state index in [-0.39, 0.29) is 17.7 Å². The van der Waals surface area contributed by atoms with Gasteiger partial charge in [0, 0.05) is 39.7 Å². The number of carbonyl (C=O) groups is 1.